The average Bonchev–Trinajstić information content (AvgIpc) is 2.56. The highest BCUT2D eigenvalue weighted by Gasteiger charge is 2.10. The molecule has 0 fully saturated rings. The molecular weight excluding hydrogens is 407 g/mol. The molecule has 0 saturated heterocycles. The van der Waals surface area contributed by atoms with Gasteiger partial charge >= 0.3 is 0 Å². The minimum Gasteiger partial charge on any atom is -0.504 e. The Morgan fingerprint density at radius 2 is 2.00 bits per heavy atom. The van der Waals surface area contributed by atoms with Crippen molar-refractivity contribution in [1.82, 2.24) is 0 Å². The number of ether oxygens (including phenoxy) is 1. The van der Waals surface area contributed by atoms with E-state index in [1.54, 1.807) is 24.3 Å². The number of carbonyl (C=O) groups is 1. The molecule has 0 bridgehead atoms. The molecule has 0 spiro atoms. The van der Waals surface area contributed by atoms with Gasteiger partial charge in [0.25, 0.3) is 5.91 Å². The summed E-state index contributed by atoms with van der Waals surface area (Å²) < 4.78 is 6.05. The Labute approximate surface area is 147 Å². The Hall–Kier alpha value is -2.53. The molecule has 0 aromatic heterocycles. The Bertz CT molecular complexity index is 792. The molecule has 0 radical (unpaired) electrons. The largest absolute Gasteiger partial charge is 0.504 e. The average molecular weight is 420 g/mol. The van der Waals surface area contributed by atoms with Crippen LogP contribution in [0.25, 0.3) is 6.08 Å². The Morgan fingerprint density at radius 1 is 1.30 bits per heavy atom. The molecule has 2 aromatic rings. The molecule has 0 unspecified atom stereocenters. The normalized spacial score (nSPS) is 10.7. The number of aromatic hydroxyl groups is 1. The van der Waals surface area contributed by atoms with Crippen LogP contribution in [0.3, 0.4) is 0 Å². The van der Waals surface area contributed by atoms with Gasteiger partial charge in [0.05, 0.1) is 7.11 Å². The third kappa shape index (κ3) is 4.47. The van der Waals surface area contributed by atoms with Gasteiger partial charge in [0, 0.05) is 9.26 Å². The summed E-state index contributed by atoms with van der Waals surface area (Å²) in [5.74, 6) is -0.235. The second-order valence-electron chi connectivity index (χ2n) is 4.56. The molecule has 23 heavy (non-hydrogen) atoms. The maximum absolute atomic E-state index is 12.2. The lowest BCUT2D eigenvalue weighted by atomic mass is 10.1. The summed E-state index contributed by atoms with van der Waals surface area (Å²) >= 11 is 2.17. The minimum atomic E-state index is -0.499. The van der Waals surface area contributed by atoms with Crippen molar-refractivity contribution in [2.75, 3.05) is 12.4 Å². The maximum atomic E-state index is 12.2. The first-order valence-electron chi connectivity index (χ1n) is 6.59. The monoisotopic (exact) mass is 420 g/mol. The quantitative estimate of drug-likeness (QED) is 0.450. The standard InChI is InChI=1S/C17H13IN2O3/c1-23-16-9-11(2-7-15(16)21)8-12(10-19)17(22)20-14-5-3-13(18)4-6-14/h2-9,21H,1H3,(H,20,22)/b12-8-. The SMILES string of the molecule is COc1cc(/C=C(/C#N)C(=O)Nc2ccc(I)cc2)ccc1O. The number of nitrogens with zero attached hydrogens (tertiary/aromatic N) is 1. The number of benzene rings is 2. The van der Waals surface area contributed by atoms with Gasteiger partial charge in [-0.1, -0.05) is 6.07 Å². The summed E-state index contributed by atoms with van der Waals surface area (Å²) in [6, 6.07) is 13.7. The smallest absolute Gasteiger partial charge is 0.266 e. The first-order chi connectivity index (χ1) is 11.0. The van der Waals surface area contributed by atoms with Crippen LogP contribution in [0.15, 0.2) is 48.0 Å². The highest BCUT2D eigenvalue weighted by atomic mass is 127. The van der Waals surface area contributed by atoms with Crippen molar-refractivity contribution < 1.29 is 14.6 Å². The van der Waals surface area contributed by atoms with Gasteiger partial charge in [0.2, 0.25) is 0 Å². The zero-order valence-corrected chi connectivity index (χ0v) is 14.4. The number of phenols is 1. The van der Waals surface area contributed by atoms with E-state index < -0.39 is 5.91 Å². The number of rotatable bonds is 4. The lowest BCUT2D eigenvalue weighted by molar-refractivity contribution is -0.112. The van der Waals surface area contributed by atoms with E-state index in [0.29, 0.717) is 11.3 Å². The van der Waals surface area contributed by atoms with Crippen LogP contribution in [0.2, 0.25) is 0 Å². The van der Waals surface area contributed by atoms with Gasteiger partial charge in [-0.3, -0.25) is 4.79 Å². The van der Waals surface area contributed by atoms with Crippen LogP contribution in [0, 0.1) is 14.9 Å². The first kappa shape index (κ1) is 16.8. The number of amides is 1. The molecule has 116 valence electrons. The fraction of sp³-hybridized carbons (Fsp3) is 0.0588. The van der Waals surface area contributed by atoms with E-state index in [0.717, 1.165) is 3.57 Å². The van der Waals surface area contributed by atoms with Gasteiger partial charge in [-0.15, -0.1) is 0 Å². The van der Waals surface area contributed by atoms with Gasteiger partial charge < -0.3 is 15.2 Å². The van der Waals surface area contributed by atoms with Gasteiger partial charge in [0.1, 0.15) is 11.6 Å². The van der Waals surface area contributed by atoms with Gasteiger partial charge in [-0.05, 0) is 70.6 Å². The Kier molecular flexibility index (Phi) is 5.60. The summed E-state index contributed by atoms with van der Waals surface area (Å²) in [7, 11) is 1.43. The Morgan fingerprint density at radius 3 is 2.61 bits per heavy atom. The number of hydrogen-bond donors (Lipinski definition) is 2. The fourth-order valence-corrected chi connectivity index (χ4v) is 2.19. The second kappa shape index (κ2) is 7.65. The third-order valence-corrected chi connectivity index (χ3v) is 3.70. The van der Waals surface area contributed by atoms with Crippen LogP contribution in [0.1, 0.15) is 5.56 Å². The summed E-state index contributed by atoms with van der Waals surface area (Å²) in [5.41, 5.74) is 1.14. The van der Waals surface area contributed by atoms with Crippen LogP contribution in [-0.4, -0.2) is 18.1 Å². The van der Waals surface area contributed by atoms with Crippen molar-refractivity contribution in [2.24, 2.45) is 0 Å². The molecular formula is C17H13IN2O3. The third-order valence-electron chi connectivity index (χ3n) is 2.98. The van der Waals surface area contributed by atoms with E-state index >= 15 is 0 Å². The first-order valence-corrected chi connectivity index (χ1v) is 7.67. The summed E-state index contributed by atoms with van der Waals surface area (Å²) in [6.07, 6.45) is 1.43. The molecule has 2 rings (SSSR count). The topological polar surface area (TPSA) is 82.3 Å². The number of methoxy groups -OCH3 is 1. The lowest BCUT2D eigenvalue weighted by Gasteiger charge is -2.06. The van der Waals surface area contributed by atoms with E-state index in [1.165, 1.54) is 19.3 Å². The number of hydrogen-bond acceptors (Lipinski definition) is 4. The highest BCUT2D eigenvalue weighted by Crippen LogP contribution is 2.27. The van der Waals surface area contributed by atoms with Gasteiger partial charge in [0.15, 0.2) is 11.5 Å². The van der Waals surface area contributed by atoms with Gasteiger partial charge in [-0.2, -0.15) is 5.26 Å². The molecule has 0 heterocycles. The lowest BCUT2D eigenvalue weighted by Crippen LogP contribution is -2.13. The van der Waals surface area contributed by atoms with E-state index in [2.05, 4.69) is 27.9 Å². The predicted octanol–water partition coefficient (Wildman–Crippen LogP) is 3.55. The van der Waals surface area contributed by atoms with Crippen molar-refractivity contribution in [1.29, 1.82) is 5.26 Å². The molecule has 2 N–H and O–H groups in total. The van der Waals surface area contributed by atoms with E-state index in [-0.39, 0.29) is 17.1 Å². The fourth-order valence-electron chi connectivity index (χ4n) is 1.83. The molecule has 2 aromatic carbocycles. The van der Waals surface area contributed by atoms with E-state index in [9.17, 15) is 15.2 Å². The summed E-state index contributed by atoms with van der Waals surface area (Å²) in [4.78, 5) is 12.2. The molecule has 5 nitrogen and oxygen atoms in total. The van der Waals surface area contributed by atoms with Crippen LogP contribution >= 0.6 is 22.6 Å². The zero-order chi connectivity index (χ0) is 16.8. The maximum Gasteiger partial charge on any atom is 0.266 e. The predicted molar refractivity (Wildman–Crippen MR) is 96.0 cm³/mol. The van der Waals surface area contributed by atoms with Crippen LogP contribution in [0.5, 0.6) is 11.5 Å². The van der Waals surface area contributed by atoms with Crippen molar-refractivity contribution in [3.8, 4) is 17.6 Å². The van der Waals surface area contributed by atoms with Crippen molar-refractivity contribution >= 4 is 40.3 Å². The highest BCUT2D eigenvalue weighted by molar-refractivity contribution is 14.1. The number of carbonyl (C=O) groups excluding carboxylic acids is 1. The molecule has 0 atom stereocenters. The molecule has 1 amide bonds. The summed E-state index contributed by atoms with van der Waals surface area (Å²) in [6.45, 7) is 0. The zero-order valence-electron chi connectivity index (χ0n) is 12.2. The number of halogens is 1. The molecule has 0 saturated carbocycles. The molecule has 0 aliphatic rings. The number of phenolic OH excluding ortho intramolecular Hbond substituents is 1. The van der Waals surface area contributed by atoms with Crippen LogP contribution in [0.4, 0.5) is 5.69 Å². The van der Waals surface area contributed by atoms with Crippen LogP contribution < -0.4 is 10.1 Å². The van der Waals surface area contributed by atoms with E-state index in [1.807, 2.05) is 18.2 Å². The number of nitrogens with one attached hydrogen (secondary N) is 1. The van der Waals surface area contributed by atoms with Crippen molar-refractivity contribution in [3.63, 3.8) is 0 Å². The molecule has 0 aliphatic heterocycles. The van der Waals surface area contributed by atoms with Crippen molar-refractivity contribution in [2.45, 2.75) is 0 Å². The minimum absolute atomic E-state index is 0.00787. The summed E-state index contributed by atoms with van der Waals surface area (Å²) in [5, 5.41) is 21.4. The van der Waals surface area contributed by atoms with E-state index in [4.69, 9.17) is 4.74 Å². The van der Waals surface area contributed by atoms with Crippen LogP contribution in [-0.2, 0) is 4.79 Å². The Balaban J connectivity index is 2.23. The molecule has 6 heteroatoms. The van der Waals surface area contributed by atoms with Gasteiger partial charge in [-0.25, -0.2) is 0 Å². The molecule has 0 aliphatic carbocycles. The second-order valence-corrected chi connectivity index (χ2v) is 5.81. The van der Waals surface area contributed by atoms with Crippen molar-refractivity contribution in [3.05, 3.63) is 57.2 Å². The number of anilines is 1. The number of nitriles is 1.